The van der Waals surface area contributed by atoms with Crippen LogP contribution in [0, 0.1) is 17.2 Å². The van der Waals surface area contributed by atoms with Crippen LogP contribution in [0.3, 0.4) is 0 Å². The Labute approximate surface area is 106 Å². The molecule has 0 aromatic carbocycles. The summed E-state index contributed by atoms with van der Waals surface area (Å²) in [6.45, 7) is 8.33. The van der Waals surface area contributed by atoms with Crippen LogP contribution in [0.25, 0.3) is 0 Å². The van der Waals surface area contributed by atoms with Gasteiger partial charge >= 0.3 is 0 Å². The summed E-state index contributed by atoms with van der Waals surface area (Å²) in [5.41, 5.74) is 0. The van der Waals surface area contributed by atoms with Crippen molar-refractivity contribution in [2.24, 2.45) is 5.92 Å². The fourth-order valence-electron chi connectivity index (χ4n) is 2.73. The molecule has 1 aliphatic rings. The average molecular weight is 237 g/mol. The lowest BCUT2D eigenvalue weighted by Gasteiger charge is -2.37. The Morgan fingerprint density at radius 2 is 2.12 bits per heavy atom. The third kappa shape index (κ3) is 5.52. The van der Waals surface area contributed by atoms with Gasteiger partial charge in [-0.25, -0.2) is 0 Å². The zero-order chi connectivity index (χ0) is 12.5. The number of rotatable bonds is 7. The van der Waals surface area contributed by atoms with Crippen molar-refractivity contribution in [2.75, 3.05) is 26.2 Å². The van der Waals surface area contributed by atoms with Gasteiger partial charge in [-0.3, -0.25) is 4.90 Å². The van der Waals surface area contributed by atoms with Crippen molar-refractivity contribution in [3.8, 4) is 6.07 Å². The normalized spacial score (nSPS) is 25.7. The van der Waals surface area contributed by atoms with Crippen molar-refractivity contribution in [1.82, 2.24) is 10.2 Å². The molecule has 0 aromatic heterocycles. The number of piperidine rings is 1. The molecule has 98 valence electrons. The van der Waals surface area contributed by atoms with Gasteiger partial charge in [0.05, 0.1) is 12.6 Å². The van der Waals surface area contributed by atoms with Gasteiger partial charge in [0.2, 0.25) is 0 Å². The number of nitriles is 1. The minimum absolute atomic E-state index is 0.590. The van der Waals surface area contributed by atoms with E-state index in [0.717, 1.165) is 25.6 Å². The van der Waals surface area contributed by atoms with E-state index in [9.17, 15) is 0 Å². The number of hydrogen-bond donors (Lipinski definition) is 1. The fraction of sp³-hybridized carbons (Fsp3) is 0.929. The van der Waals surface area contributed by atoms with Gasteiger partial charge in [0.15, 0.2) is 0 Å². The van der Waals surface area contributed by atoms with Crippen LogP contribution < -0.4 is 5.32 Å². The summed E-state index contributed by atoms with van der Waals surface area (Å²) >= 11 is 0. The lowest BCUT2D eigenvalue weighted by Crippen LogP contribution is -2.49. The number of likely N-dealkylation sites (tertiary alicyclic amines) is 1. The number of nitrogens with one attached hydrogen (secondary N) is 1. The van der Waals surface area contributed by atoms with Crippen LogP contribution in [-0.2, 0) is 0 Å². The van der Waals surface area contributed by atoms with Crippen LogP contribution >= 0.6 is 0 Å². The summed E-state index contributed by atoms with van der Waals surface area (Å²) in [5, 5.41) is 12.4. The van der Waals surface area contributed by atoms with Crippen molar-refractivity contribution in [3.05, 3.63) is 0 Å². The summed E-state index contributed by atoms with van der Waals surface area (Å²) < 4.78 is 0. The molecule has 1 saturated heterocycles. The molecule has 17 heavy (non-hydrogen) atoms. The molecule has 1 heterocycles. The molecule has 1 rings (SSSR count). The second kappa shape index (κ2) is 8.49. The molecule has 0 spiro atoms. The van der Waals surface area contributed by atoms with E-state index in [2.05, 4.69) is 30.1 Å². The van der Waals surface area contributed by atoms with Gasteiger partial charge in [0, 0.05) is 19.1 Å². The molecule has 2 atom stereocenters. The van der Waals surface area contributed by atoms with E-state index in [1.54, 1.807) is 0 Å². The number of nitrogens with zero attached hydrogens (tertiary/aromatic N) is 2. The third-order valence-electron chi connectivity index (χ3n) is 3.56. The van der Waals surface area contributed by atoms with Crippen LogP contribution in [0.2, 0.25) is 0 Å². The highest BCUT2D eigenvalue weighted by Gasteiger charge is 2.25. The zero-order valence-electron chi connectivity index (χ0n) is 11.4. The van der Waals surface area contributed by atoms with Crippen molar-refractivity contribution in [1.29, 1.82) is 5.26 Å². The van der Waals surface area contributed by atoms with Crippen LogP contribution in [0.1, 0.15) is 46.0 Å². The van der Waals surface area contributed by atoms with Crippen LogP contribution in [0.4, 0.5) is 0 Å². The van der Waals surface area contributed by atoms with E-state index in [4.69, 9.17) is 5.26 Å². The number of unbranched alkanes of at least 4 members (excludes halogenated alkanes) is 1. The Hall–Kier alpha value is -0.590. The zero-order valence-corrected chi connectivity index (χ0v) is 11.4. The van der Waals surface area contributed by atoms with Gasteiger partial charge in [-0.15, -0.1) is 0 Å². The predicted octanol–water partition coefficient (Wildman–Crippen LogP) is 2.39. The predicted molar refractivity (Wildman–Crippen MR) is 71.8 cm³/mol. The second-order valence-corrected chi connectivity index (χ2v) is 5.25. The monoisotopic (exact) mass is 237 g/mol. The summed E-state index contributed by atoms with van der Waals surface area (Å²) in [6, 6.07) is 2.89. The molecule has 3 heteroatoms. The molecule has 2 unspecified atom stereocenters. The quantitative estimate of drug-likeness (QED) is 0.691. The van der Waals surface area contributed by atoms with Gasteiger partial charge in [-0.05, 0) is 31.7 Å². The van der Waals surface area contributed by atoms with E-state index < -0.39 is 0 Å². The molecule has 1 N–H and O–H groups in total. The largest absolute Gasteiger partial charge is 0.313 e. The maximum absolute atomic E-state index is 8.83. The molecule has 0 aromatic rings. The molecule has 1 fully saturated rings. The van der Waals surface area contributed by atoms with Crippen LogP contribution in [0.15, 0.2) is 0 Å². The molecule has 0 amide bonds. The summed E-state index contributed by atoms with van der Waals surface area (Å²) in [7, 11) is 0. The lowest BCUT2D eigenvalue weighted by atomic mass is 9.90. The molecular weight excluding hydrogens is 210 g/mol. The Kier molecular flexibility index (Phi) is 7.23. The minimum Gasteiger partial charge on any atom is -0.313 e. The van der Waals surface area contributed by atoms with E-state index in [-0.39, 0.29) is 0 Å². The highest BCUT2D eigenvalue weighted by Crippen LogP contribution is 2.21. The van der Waals surface area contributed by atoms with Crippen LogP contribution in [-0.4, -0.2) is 37.1 Å². The molecule has 3 nitrogen and oxygen atoms in total. The van der Waals surface area contributed by atoms with E-state index in [1.807, 2.05) is 0 Å². The van der Waals surface area contributed by atoms with E-state index >= 15 is 0 Å². The highest BCUT2D eigenvalue weighted by atomic mass is 15.2. The first-order chi connectivity index (χ1) is 8.30. The van der Waals surface area contributed by atoms with E-state index in [1.165, 1.54) is 32.1 Å². The van der Waals surface area contributed by atoms with E-state index in [0.29, 0.717) is 12.6 Å². The first-order valence-electron chi connectivity index (χ1n) is 7.12. The maximum Gasteiger partial charge on any atom is 0.0866 e. The lowest BCUT2D eigenvalue weighted by molar-refractivity contribution is 0.148. The second-order valence-electron chi connectivity index (χ2n) is 5.25. The summed E-state index contributed by atoms with van der Waals surface area (Å²) in [6.07, 6.45) is 6.41. The van der Waals surface area contributed by atoms with Gasteiger partial charge in [0.1, 0.15) is 0 Å². The molecule has 1 aliphatic heterocycles. The summed E-state index contributed by atoms with van der Waals surface area (Å²) in [4.78, 5) is 2.32. The fourth-order valence-corrected chi connectivity index (χ4v) is 2.73. The first-order valence-corrected chi connectivity index (χ1v) is 7.12. The highest BCUT2D eigenvalue weighted by molar-refractivity contribution is 4.87. The van der Waals surface area contributed by atoms with Crippen molar-refractivity contribution in [2.45, 2.75) is 52.0 Å². The topological polar surface area (TPSA) is 39.1 Å². The SMILES string of the molecule is CCCCC1CC(NCCC)CN(CC#N)C1. The molecule has 0 aliphatic carbocycles. The van der Waals surface area contributed by atoms with Crippen LogP contribution in [0.5, 0.6) is 0 Å². The number of hydrogen-bond acceptors (Lipinski definition) is 3. The Bertz CT molecular complexity index is 218. The molecule has 0 saturated carbocycles. The maximum atomic E-state index is 8.83. The van der Waals surface area contributed by atoms with Gasteiger partial charge in [-0.1, -0.05) is 26.7 Å². The first kappa shape index (κ1) is 14.5. The Balaban J connectivity index is 2.41. The Morgan fingerprint density at radius 3 is 2.76 bits per heavy atom. The Morgan fingerprint density at radius 1 is 1.29 bits per heavy atom. The van der Waals surface area contributed by atoms with Crippen molar-refractivity contribution in [3.63, 3.8) is 0 Å². The van der Waals surface area contributed by atoms with Gasteiger partial charge in [0.25, 0.3) is 0 Å². The van der Waals surface area contributed by atoms with Crippen molar-refractivity contribution >= 4 is 0 Å². The van der Waals surface area contributed by atoms with Gasteiger partial charge in [-0.2, -0.15) is 5.26 Å². The van der Waals surface area contributed by atoms with Crippen molar-refractivity contribution < 1.29 is 0 Å². The average Bonchev–Trinajstić information content (AvgIpc) is 2.34. The van der Waals surface area contributed by atoms with Gasteiger partial charge < -0.3 is 5.32 Å². The molecule has 0 radical (unpaired) electrons. The minimum atomic E-state index is 0.590. The standard InChI is InChI=1S/C14H27N3/c1-3-5-6-13-10-14(16-8-4-2)12-17(11-13)9-7-15/h13-14,16H,3-6,8-12H2,1-2H3. The smallest absolute Gasteiger partial charge is 0.0866 e. The third-order valence-corrected chi connectivity index (χ3v) is 3.56. The summed E-state index contributed by atoms with van der Waals surface area (Å²) in [5.74, 6) is 0.784. The molecule has 0 bridgehead atoms. The molecular formula is C14H27N3.